The highest BCUT2D eigenvalue weighted by Gasteiger charge is 2.52. The molecule has 3 aromatic rings. The van der Waals surface area contributed by atoms with Gasteiger partial charge < -0.3 is 19.1 Å². The summed E-state index contributed by atoms with van der Waals surface area (Å²) in [5.74, 6) is 1.31. The molecule has 0 unspecified atom stereocenters. The highest BCUT2D eigenvalue weighted by molar-refractivity contribution is 5.88. The van der Waals surface area contributed by atoms with E-state index in [4.69, 9.17) is 14.0 Å². The van der Waals surface area contributed by atoms with Crippen molar-refractivity contribution in [2.24, 2.45) is 17.3 Å². The van der Waals surface area contributed by atoms with E-state index in [1.54, 1.807) is 12.1 Å². The molecule has 4 fully saturated rings. The Morgan fingerprint density at radius 3 is 2.57 bits per heavy atom. The first kappa shape index (κ1) is 27.0. The van der Waals surface area contributed by atoms with Gasteiger partial charge in [-0.15, -0.1) is 0 Å². The number of halogens is 3. The van der Waals surface area contributed by atoms with E-state index < -0.39 is 17.7 Å². The number of alkyl halides is 3. The molecule has 4 aliphatic rings. The van der Waals surface area contributed by atoms with Crippen molar-refractivity contribution in [3.8, 4) is 22.8 Å². The van der Waals surface area contributed by atoms with E-state index in [0.29, 0.717) is 35.5 Å². The van der Waals surface area contributed by atoms with Crippen LogP contribution in [-0.4, -0.2) is 33.9 Å². The summed E-state index contributed by atoms with van der Waals surface area (Å²) in [5.41, 5.74) is 0.453. The number of nitrogens with zero attached hydrogens (tertiary/aromatic N) is 2. The maximum atomic E-state index is 13.7. The lowest BCUT2D eigenvalue weighted by molar-refractivity contribution is -0.137. The minimum absolute atomic E-state index is 0.0474. The fourth-order valence-corrected chi connectivity index (χ4v) is 6.61. The third-order valence-corrected chi connectivity index (χ3v) is 8.89. The van der Waals surface area contributed by atoms with Gasteiger partial charge in [0.1, 0.15) is 17.2 Å². The first-order chi connectivity index (χ1) is 20.2. The number of rotatable bonds is 10. The molecule has 1 spiro atoms. The van der Waals surface area contributed by atoms with Gasteiger partial charge in [-0.05, 0) is 74.7 Å². The number of aromatic carboxylic acids is 1. The fourth-order valence-electron chi connectivity index (χ4n) is 6.61. The zero-order valence-corrected chi connectivity index (χ0v) is 22.9. The molecule has 0 bridgehead atoms. The fraction of sp³-hybridized carbons (Fsp3) is 0.469. The standard InChI is InChI=1S/C32H31F3N2O5/c33-32(34,35)25-4-2-1-3-23(25)27-24(29(42-37-27)20-6-7-20)10-5-18-12-31(13-18)14-19(15-31)17-40-22-11-26(41-21-8-9-21)28(30(38)39)36-16-22/h1-5,10-11,16,18-21H,6-9,12-15,17H2,(H,38,39). The Morgan fingerprint density at radius 2 is 1.88 bits per heavy atom. The summed E-state index contributed by atoms with van der Waals surface area (Å²) >= 11 is 0. The summed E-state index contributed by atoms with van der Waals surface area (Å²) in [5, 5.41) is 13.5. The van der Waals surface area contributed by atoms with Crippen LogP contribution in [0.2, 0.25) is 0 Å². The molecule has 7 rings (SSSR count). The summed E-state index contributed by atoms with van der Waals surface area (Å²) in [7, 11) is 0. The van der Waals surface area contributed by atoms with Crippen molar-refractivity contribution in [1.29, 1.82) is 0 Å². The van der Waals surface area contributed by atoms with Crippen molar-refractivity contribution in [3.63, 3.8) is 0 Å². The van der Waals surface area contributed by atoms with Gasteiger partial charge in [-0.1, -0.05) is 35.5 Å². The van der Waals surface area contributed by atoms with Gasteiger partial charge in [0.05, 0.1) is 24.5 Å². The molecular formula is C32H31F3N2O5. The molecule has 10 heteroatoms. The zero-order chi connectivity index (χ0) is 29.1. The quantitative estimate of drug-likeness (QED) is 0.262. The van der Waals surface area contributed by atoms with Gasteiger partial charge >= 0.3 is 12.1 Å². The Hall–Kier alpha value is -3.82. The molecule has 0 amide bonds. The van der Waals surface area contributed by atoms with Crippen LogP contribution in [0, 0.1) is 17.3 Å². The van der Waals surface area contributed by atoms with Gasteiger partial charge in [0.2, 0.25) is 0 Å². The molecule has 42 heavy (non-hydrogen) atoms. The maximum Gasteiger partial charge on any atom is 0.417 e. The van der Waals surface area contributed by atoms with E-state index in [0.717, 1.165) is 57.4 Å². The van der Waals surface area contributed by atoms with E-state index in [9.17, 15) is 23.1 Å². The number of hydrogen-bond donors (Lipinski definition) is 1. The minimum Gasteiger partial charge on any atom is -0.492 e. The third-order valence-electron chi connectivity index (χ3n) is 8.89. The molecule has 2 aromatic heterocycles. The smallest absolute Gasteiger partial charge is 0.417 e. The van der Waals surface area contributed by atoms with Crippen molar-refractivity contribution >= 4 is 12.0 Å². The van der Waals surface area contributed by atoms with E-state index in [1.165, 1.54) is 18.3 Å². The van der Waals surface area contributed by atoms with Gasteiger partial charge in [-0.25, -0.2) is 9.78 Å². The van der Waals surface area contributed by atoms with Gasteiger partial charge in [0, 0.05) is 23.1 Å². The van der Waals surface area contributed by atoms with Crippen molar-refractivity contribution in [1.82, 2.24) is 10.1 Å². The van der Waals surface area contributed by atoms with E-state index in [-0.39, 0.29) is 40.1 Å². The number of benzene rings is 1. The van der Waals surface area contributed by atoms with E-state index in [1.807, 2.05) is 6.08 Å². The zero-order valence-electron chi connectivity index (χ0n) is 22.9. The van der Waals surface area contributed by atoms with Crippen molar-refractivity contribution in [2.75, 3.05) is 6.61 Å². The Morgan fingerprint density at radius 1 is 1.12 bits per heavy atom. The topological polar surface area (TPSA) is 94.7 Å². The molecule has 0 saturated heterocycles. The van der Waals surface area contributed by atoms with Crippen LogP contribution >= 0.6 is 0 Å². The molecular weight excluding hydrogens is 549 g/mol. The number of carboxylic acids is 1. The first-order valence-electron chi connectivity index (χ1n) is 14.5. The van der Waals surface area contributed by atoms with Crippen LogP contribution in [0.4, 0.5) is 13.2 Å². The lowest BCUT2D eigenvalue weighted by Gasteiger charge is -2.57. The van der Waals surface area contributed by atoms with Crippen LogP contribution in [0.15, 0.2) is 47.1 Å². The Bertz CT molecular complexity index is 1530. The van der Waals surface area contributed by atoms with Crippen LogP contribution in [0.3, 0.4) is 0 Å². The van der Waals surface area contributed by atoms with Gasteiger partial charge in [-0.3, -0.25) is 0 Å². The first-order valence-corrected chi connectivity index (χ1v) is 14.5. The molecule has 0 aliphatic heterocycles. The minimum atomic E-state index is -4.48. The van der Waals surface area contributed by atoms with Gasteiger partial charge in [0.15, 0.2) is 11.4 Å². The number of aromatic nitrogens is 2. The normalized spacial score (nSPS) is 25.3. The molecule has 0 radical (unpaired) electrons. The Labute approximate surface area is 240 Å². The predicted octanol–water partition coefficient (Wildman–Crippen LogP) is 7.77. The summed E-state index contributed by atoms with van der Waals surface area (Å²) in [6.07, 6.45) is 8.97. The predicted molar refractivity (Wildman–Crippen MR) is 146 cm³/mol. The number of allylic oxidation sites excluding steroid dienone is 1. The number of carboxylic acid groups (broad SMARTS) is 1. The molecule has 4 aliphatic carbocycles. The second-order valence-corrected chi connectivity index (χ2v) is 12.4. The highest BCUT2D eigenvalue weighted by atomic mass is 19.4. The third kappa shape index (κ3) is 5.39. The molecule has 0 atom stereocenters. The SMILES string of the molecule is O=C(O)c1ncc(OCC2CC3(CC(C=Cc4c(-c5ccccc5C(F)(F)F)noc4C4CC4)C3)C2)cc1OC1CC1. The Kier molecular flexibility index (Phi) is 6.55. The molecule has 4 saturated carbocycles. The molecule has 2 heterocycles. The second-order valence-electron chi connectivity index (χ2n) is 12.4. The summed E-state index contributed by atoms with van der Waals surface area (Å²) in [6, 6.07) is 7.15. The number of pyridine rings is 1. The lowest BCUT2D eigenvalue weighted by atomic mass is 9.48. The molecule has 1 aromatic carbocycles. The number of hydrogen-bond acceptors (Lipinski definition) is 6. The van der Waals surface area contributed by atoms with Crippen LogP contribution in [0.5, 0.6) is 11.5 Å². The van der Waals surface area contributed by atoms with Crippen molar-refractivity contribution in [3.05, 3.63) is 65.2 Å². The largest absolute Gasteiger partial charge is 0.492 e. The summed E-state index contributed by atoms with van der Waals surface area (Å²) in [4.78, 5) is 15.5. The van der Waals surface area contributed by atoms with Crippen molar-refractivity contribution < 1.29 is 37.1 Å². The van der Waals surface area contributed by atoms with Crippen LogP contribution in [-0.2, 0) is 6.18 Å². The molecule has 7 nitrogen and oxygen atoms in total. The summed E-state index contributed by atoms with van der Waals surface area (Å²) < 4.78 is 58.5. The number of carbonyl (C=O) groups is 1. The molecule has 220 valence electrons. The average molecular weight is 581 g/mol. The lowest BCUT2D eigenvalue weighted by Crippen LogP contribution is -2.48. The Balaban J connectivity index is 0.964. The van der Waals surface area contributed by atoms with Crippen LogP contribution < -0.4 is 9.47 Å². The van der Waals surface area contributed by atoms with Crippen molar-refractivity contribution in [2.45, 2.75) is 69.6 Å². The van der Waals surface area contributed by atoms with Gasteiger partial charge in [-0.2, -0.15) is 13.2 Å². The van der Waals surface area contributed by atoms with Crippen LogP contribution in [0.25, 0.3) is 17.3 Å². The second kappa shape index (κ2) is 10.2. The average Bonchev–Trinajstić information content (AvgIpc) is 3.85. The number of ether oxygens (including phenoxy) is 2. The van der Waals surface area contributed by atoms with Gasteiger partial charge in [0.25, 0.3) is 0 Å². The van der Waals surface area contributed by atoms with E-state index in [2.05, 4.69) is 16.2 Å². The van der Waals surface area contributed by atoms with E-state index >= 15 is 0 Å². The highest BCUT2D eigenvalue weighted by Crippen LogP contribution is 2.61. The summed E-state index contributed by atoms with van der Waals surface area (Å²) in [6.45, 7) is 0.534. The maximum absolute atomic E-state index is 13.7. The monoisotopic (exact) mass is 580 g/mol. The van der Waals surface area contributed by atoms with Crippen LogP contribution in [0.1, 0.15) is 84.7 Å². The molecule has 1 N–H and O–H groups in total.